The number of carbonyl (C=O) groups is 1. The molecular weight excluding hydrogens is 228 g/mol. The smallest absolute Gasteiger partial charge is 0.314 e. The number of cyclic esters (lactones) is 1. The second-order valence-electron chi connectivity index (χ2n) is 7.58. The Hall–Kier alpha value is -0.570. The van der Waals surface area contributed by atoms with E-state index in [1.54, 1.807) is 0 Å². The van der Waals surface area contributed by atoms with Crippen LogP contribution in [0, 0.1) is 23.2 Å². The van der Waals surface area contributed by atoms with Gasteiger partial charge < -0.3 is 9.47 Å². The summed E-state index contributed by atoms with van der Waals surface area (Å²) < 4.78 is 12.1. The van der Waals surface area contributed by atoms with Gasteiger partial charge in [0.15, 0.2) is 0 Å². The van der Waals surface area contributed by atoms with E-state index in [4.69, 9.17) is 9.47 Å². The van der Waals surface area contributed by atoms with E-state index in [-0.39, 0.29) is 22.9 Å². The van der Waals surface area contributed by atoms with Gasteiger partial charge in [0, 0.05) is 12.3 Å². The zero-order valence-corrected chi connectivity index (χ0v) is 12.1. The fraction of sp³-hybridized carbons (Fsp3) is 0.933. The summed E-state index contributed by atoms with van der Waals surface area (Å²) in [7, 11) is 0. The van der Waals surface area contributed by atoms with Crippen molar-refractivity contribution in [2.75, 3.05) is 0 Å². The number of ether oxygens (including phenoxy) is 2. The van der Waals surface area contributed by atoms with E-state index in [1.165, 1.54) is 12.8 Å². The first-order valence-corrected chi connectivity index (χ1v) is 7.12. The Kier molecular flexibility index (Phi) is 2.28. The predicted octanol–water partition coefficient (Wildman–Crippen LogP) is 3.13. The van der Waals surface area contributed by atoms with Gasteiger partial charge in [-0.1, -0.05) is 27.2 Å². The summed E-state index contributed by atoms with van der Waals surface area (Å²) in [5.41, 5.74) is -0.501. The van der Waals surface area contributed by atoms with Gasteiger partial charge in [-0.25, -0.2) is 0 Å². The normalized spacial score (nSPS) is 51.2. The fourth-order valence-electron chi connectivity index (χ4n) is 4.19. The predicted molar refractivity (Wildman–Crippen MR) is 67.8 cm³/mol. The van der Waals surface area contributed by atoms with E-state index in [0.29, 0.717) is 11.8 Å². The molecule has 2 saturated carbocycles. The highest BCUT2D eigenvalue weighted by Crippen LogP contribution is 2.64. The molecule has 3 nitrogen and oxygen atoms in total. The largest absolute Gasteiger partial charge is 0.432 e. The first-order valence-electron chi connectivity index (χ1n) is 7.12. The lowest BCUT2D eigenvalue weighted by Gasteiger charge is -2.63. The minimum absolute atomic E-state index is 0.0274. The van der Waals surface area contributed by atoms with Gasteiger partial charge in [0.1, 0.15) is 0 Å². The molecule has 0 radical (unpaired) electrons. The van der Waals surface area contributed by atoms with E-state index in [0.717, 1.165) is 6.42 Å². The van der Waals surface area contributed by atoms with Crippen LogP contribution >= 0.6 is 0 Å². The third-order valence-corrected chi connectivity index (χ3v) is 5.68. The van der Waals surface area contributed by atoms with Crippen LogP contribution in [-0.2, 0) is 14.3 Å². The number of esters is 1. The maximum atomic E-state index is 12.4. The maximum Gasteiger partial charge on any atom is 0.314 e. The second-order valence-corrected chi connectivity index (χ2v) is 7.58. The van der Waals surface area contributed by atoms with Gasteiger partial charge in [0.2, 0.25) is 5.79 Å². The van der Waals surface area contributed by atoms with E-state index in [1.807, 2.05) is 6.92 Å². The van der Waals surface area contributed by atoms with Crippen molar-refractivity contribution in [2.24, 2.45) is 23.2 Å². The van der Waals surface area contributed by atoms with Crippen LogP contribution in [0.3, 0.4) is 0 Å². The summed E-state index contributed by atoms with van der Waals surface area (Å²) in [5, 5.41) is 0. The minimum atomic E-state index is -0.803. The molecule has 3 fully saturated rings. The highest BCUT2D eigenvalue weighted by atomic mass is 16.7. The van der Waals surface area contributed by atoms with Crippen LogP contribution < -0.4 is 0 Å². The molecule has 1 aliphatic heterocycles. The summed E-state index contributed by atoms with van der Waals surface area (Å²) in [6.07, 6.45) is 3.59. The van der Waals surface area contributed by atoms with E-state index in [9.17, 15) is 4.79 Å². The molecule has 2 aliphatic carbocycles. The average Bonchev–Trinajstić information content (AvgIpc) is 2.59. The van der Waals surface area contributed by atoms with Crippen molar-refractivity contribution in [3.05, 3.63) is 0 Å². The molecule has 0 aromatic rings. The third-order valence-electron chi connectivity index (χ3n) is 5.68. The summed E-state index contributed by atoms with van der Waals surface area (Å²) in [6, 6.07) is 0. The summed E-state index contributed by atoms with van der Waals surface area (Å²) in [5.74, 6) is 0.192. The molecule has 0 aromatic carbocycles. The number of hydrogen-bond acceptors (Lipinski definition) is 3. The van der Waals surface area contributed by atoms with E-state index < -0.39 is 5.79 Å². The molecule has 0 amide bonds. The minimum Gasteiger partial charge on any atom is -0.432 e. The topological polar surface area (TPSA) is 35.5 Å². The molecule has 0 aromatic heterocycles. The van der Waals surface area contributed by atoms with Crippen molar-refractivity contribution >= 4 is 5.97 Å². The quantitative estimate of drug-likeness (QED) is 0.621. The Balaban J connectivity index is 1.94. The molecule has 5 atom stereocenters. The zero-order valence-electron chi connectivity index (χ0n) is 12.1. The average molecular weight is 252 g/mol. The highest BCUT2D eigenvalue weighted by molar-refractivity contribution is 5.77. The Morgan fingerprint density at radius 2 is 1.89 bits per heavy atom. The van der Waals surface area contributed by atoms with Crippen LogP contribution in [0.1, 0.15) is 53.9 Å². The summed E-state index contributed by atoms with van der Waals surface area (Å²) in [4.78, 5) is 12.4. The fourth-order valence-corrected chi connectivity index (χ4v) is 4.19. The summed E-state index contributed by atoms with van der Waals surface area (Å²) in [6.45, 7) is 10.2. The molecule has 0 spiro atoms. The van der Waals surface area contributed by atoms with Gasteiger partial charge in [0.05, 0.1) is 11.5 Å². The van der Waals surface area contributed by atoms with Gasteiger partial charge in [-0.15, -0.1) is 0 Å². The van der Waals surface area contributed by atoms with Crippen LogP contribution in [-0.4, -0.2) is 17.4 Å². The lowest BCUT2D eigenvalue weighted by atomic mass is 9.54. The molecule has 0 bridgehead atoms. The molecule has 0 N–H and O–H groups in total. The standard InChI is InChI=1S/C15H24O3/c1-13(2,3)15(5)17-12(16)11-9-7-6-8-10(9)14(11,4)18-15/h9-11H,6-8H2,1-5H3/t9-,10+,11-,14-,15+/m1/s1. The molecule has 0 unspecified atom stereocenters. The molecule has 3 aliphatic rings. The number of hydrogen-bond donors (Lipinski definition) is 0. The van der Waals surface area contributed by atoms with Crippen molar-refractivity contribution in [1.82, 2.24) is 0 Å². The van der Waals surface area contributed by atoms with Crippen LogP contribution in [0.4, 0.5) is 0 Å². The van der Waals surface area contributed by atoms with Gasteiger partial charge in [-0.3, -0.25) is 4.79 Å². The Morgan fingerprint density at radius 3 is 2.50 bits per heavy atom. The second kappa shape index (κ2) is 3.30. The summed E-state index contributed by atoms with van der Waals surface area (Å²) >= 11 is 0. The Morgan fingerprint density at radius 1 is 1.22 bits per heavy atom. The van der Waals surface area contributed by atoms with Crippen LogP contribution in [0.25, 0.3) is 0 Å². The van der Waals surface area contributed by atoms with Gasteiger partial charge in [-0.2, -0.15) is 0 Å². The molecule has 3 rings (SSSR count). The molecular formula is C15H24O3. The Bertz CT molecular complexity index is 397. The Labute approximate surface area is 109 Å². The third kappa shape index (κ3) is 1.31. The molecule has 1 saturated heterocycles. The van der Waals surface area contributed by atoms with Crippen molar-refractivity contribution < 1.29 is 14.3 Å². The first kappa shape index (κ1) is 12.5. The monoisotopic (exact) mass is 252 g/mol. The van der Waals surface area contributed by atoms with Crippen LogP contribution in [0.2, 0.25) is 0 Å². The van der Waals surface area contributed by atoms with Crippen LogP contribution in [0.15, 0.2) is 0 Å². The number of carbonyl (C=O) groups excluding carboxylic acids is 1. The highest BCUT2D eigenvalue weighted by Gasteiger charge is 2.70. The van der Waals surface area contributed by atoms with E-state index >= 15 is 0 Å². The van der Waals surface area contributed by atoms with Gasteiger partial charge in [-0.05, 0) is 31.6 Å². The lowest BCUT2D eigenvalue weighted by Crippen LogP contribution is -2.72. The van der Waals surface area contributed by atoms with Gasteiger partial charge in [0.25, 0.3) is 0 Å². The SMILES string of the molecule is CC(C)(C)[C@@]1(C)OC(=O)[C@H]2[C@@H]3CCC[C@@H]3[C@@]2(C)O1. The zero-order chi connectivity index (χ0) is 13.3. The van der Waals surface area contributed by atoms with Crippen molar-refractivity contribution in [3.63, 3.8) is 0 Å². The maximum absolute atomic E-state index is 12.4. The van der Waals surface area contributed by atoms with Crippen LogP contribution in [0.5, 0.6) is 0 Å². The first-order chi connectivity index (χ1) is 8.19. The number of fused-ring (bicyclic) bond motifs is 4. The van der Waals surface area contributed by atoms with Crippen molar-refractivity contribution in [1.29, 1.82) is 0 Å². The number of rotatable bonds is 0. The van der Waals surface area contributed by atoms with Crippen molar-refractivity contribution in [2.45, 2.75) is 65.3 Å². The molecule has 3 heteroatoms. The molecule has 102 valence electrons. The molecule has 1 heterocycles. The van der Waals surface area contributed by atoms with E-state index in [2.05, 4.69) is 27.7 Å². The lowest BCUT2D eigenvalue weighted by molar-refractivity contribution is -0.385. The van der Waals surface area contributed by atoms with Crippen molar-refractivity contribution in [3.8, 4) is 0 Å². The molecule has 18 heavy (non-hydrogen) atoms. The van der Waals surface area contributed by atoms with Gasteiger partial charge >= 0.3 is 5.97 Å².